The Hall–Kier alpha value is -2.37. The largest absolute Gasteiger partial charge is 0.497 e. The number of benzene rings is 1. The van der Waals surface area contributed by atoms with Crippen LogP contribution >= 0.6 is 0 Å². The van der Waals surface area contributed by atoms with E-state index < -0.39 is 0 Å². The fourth-order valence-electron chi connectivity index (χ4n) is 4.45. The number of nitrogens with zero attached hydrogens (tertiary/aromatic N) is 3. The van der Waals surface area contributed by atoms with E-state index in [9.17, 15) is 0 Å². The Bertz CT molecular complexity index is 933. The minimum absolute atomic E-state index is 0.169. The summed E-state index contributed by atoms with van der Waals surface area (Å²) in [6, 6.07) is 11.2. The van der Waals surface area contributed by atoms with Gasteiger partial charge in [0.05, 0.1) is 18.8 Å². The quantitative estimate of drug-likeness (QED) is 0.715. The number of fused-ring (bicyclic) bond motifs is 1. The predicted molar refractivity (Wildman–Crippen MR) is 114 cm³/mol. The Kier molecular flexibility index (Phi) is 5.38. The van der Waals surface area contributed by atoms with Gasteiger partial charge in [-0.3, -0.25) is 9.88 Å². The number of likely N-dealkylation sites (tertiary alicyclic amines) is 1. The highest BCUT2D eigenvalue weighted by Crippen LogP contribution is 2.34. The molecule has 4 rings (SSSR count). The molecule has 1 aromatic carbocycles. The molecule has 0 saturated carbocycles. The van der Waals surface area contributed by atoms with E-state index in [0.29, 0.717) is 12.0 Å². The molecule has 0 amide bonds. The van der Waals surface area contributed by atoms with E-state index in [1.54, 1.807) is 7.11 Å². The van der Waals surface area contributed by atoms with Gasteiger partial charge in [0.2, 0.25) is 0 Å². The monoisotopic (exact) mass is 378 g/mol. The van der Waals surface area contributed by atoms with Crippen molar-refractivity contribution in [3.05, 3.63) is 60.0 Å². The van der Waals surface area contributed by atoms with E-state index in [-0.39, 0.29) is 6.04 Å². The molecule has 0 radical (unpaired) electrons. The number of aromatic nitrogens is 2. The van der Waals surface area contributed by atoms with Crippen LogP contribution in [0.5, 0.6) is 5.75 Å². The zero-order valence-corrected chi connectivity index (χ0v) is 17.0. The molecule has 1 fully saturated rings. The van der Waals surface area contributed by atoms with Crippen molar-refractivity contribution >= 4 is 10.9 Å². The maximum atomic E-state index is 6.60. The Morgan fingerprint density at radius 3 is 2.75 bits per heavy atom. The van der Waals surface area contributed by atoms with Crippen molar-refractivity contribution in [1.82, 2.24) is 14.5 Å². The SMILES string of the molecule is COc1ccc(CC[C@H](C)N2C[C@@H](N)[C@H](c3cn(C)c4cnccc34)C2)cc1. The van der Waals surface area contributed by atoms with Gasteiger partial charge in [-0.05, 0) is 49.1 Å². The Morgan fingerprint density at radius 2 is 2.00 bits per heavy atom. The highest BCUT2D eigenvalue weighted by Gasteiger charge is 2.34. The zero-order chi connectivity index (χ0) is 19.7. The predicted octanol–water partition coefficient (Wildman–Crippen LogP) is 3.33. The Balaban J connectivity index is 1.42. The van der Waals surface area contributed by atoms with Crippen LogP contribution < -0.4 is 10.5 Å². The van der Waals surface area contributed by atoms with Gasteiger partial charge in [0, 0.05) is 55.9 Å². The normalized spacial score (nSPS) is 21.3. The first-order chi connectivity index (χ1) is 13.6. The van der Waals surface area contributed by atoms with Crippen molar-refractivity contribution in [1.29, 1.82) is 0 Å². The molecule has 3 aromatic rings. The van der Waals surface area contributed by atoms with Gasteiger partial charge in [-0.1, -0.05) is 12.1 Å². The molecule has 3 heterocycles. The van der Waals surface area contributed by atoms with E-state index in [4.69, 9.17) is 10.5 Å². The number of hydrogen-bond donors (Lipinski definition) is 1. The van der Waals surface area contributed by atoms with Crippen molar-refractivity contribution in [2.45, 2.75) is 37.8 Å². The van der Waals surface area contributed by atoms with Crippen LogP contribution in [0.15, 0.2) is 48.9 Å². The lowest BCUT2D eigenvalue weighted by Gasteiger charge is -2.24. The molecule has 0 bridgehead atoms. The summed E-state index contributed by atoms with van der Waals surface area (Å²) in [5.41, 5.74) is 10.5. The average molecular weight is 379 g/mol. The number of rotatable bonds is 6. The minimum Gasteiger partial charge on any atom is -0.497 e. The van der Waals surface area contributed by atoms with Crippen molar-refractivity contribution < 1.29 is 4.74 Å². The fraction of sp³-hybridized carbons (Fsp3) is 0.435. The van der Waals surface area contributed by atoms with E-state index in [1.165, 1.54) is 22.0 Å². The van der Waals surface area contributed by atoms with Gasteiger partial charge in [-0.15, -0.1) is 0 Å². The molecule has 28 heavy (non-hydrogen) atoms. The van der Waals surface area contributed by atoms with Crippen molar-refractivity contribution in [2.75, 3.05) is 20.2 Å². The average Bonchev–Trinajstić information content (AvgIpc) is 3.27. The highest BCUT2D eigenvalue weighted by atomic mass is 16.5. The van der Waals surface area contributed by atoms with Crippen molar-refractivity contribution in [2.24, 2.45) is 12.8 Å². The molecule has 3 atom stereocenters. The van der Waals surface area contributed by atoms with Crippen LogP contribution in [0, 0.1) is 0 Å². The second-order valence-electron chi connectivity index (χ2n) is 8.05. The van der Waals surface area contributed by atoms with Crippen LogP contribution in [0.4, 0.5) is 0 Å². The van der Waals surface area contributed by atoms with E-state index in [0.717, 1.165) is 31.7 Å². The van der Waals surface area contributed by atoms with Gasteiger partial charge >= 0.3 is 0 Å². The summed E-state index contributed by atoms with van der Waals surface area (Å²) in [4.78, 5) is 6.82. The lowest BCUT2D eigenvalue weighted by Crippen LogP contribution is -2.34. The maximum Gasteiger partial charge on any atom is 0.118 e. The lowest BCUT2D eigenvalue weighted by atomic mass is 9.95. The molecule has 148 valence electrons. The molecule has 2 aromatic heterocycles. The number of nitrogens with two attached hydrogens (primary N) is 1. The van der Waals surface area contributed by atoms with E-state index >= 15 is 0 Å². The van der Waals surface area contributed by atoms with Crippen LogP contribution in [-0.2, 0) is 13.5 Å². The third-order valence-electron chi connectivity index (χ3n) is 6.25. The number of ether oxygens (including phenoxy) is 1. The van der Waals surface area contributed by atoms with Gasteiger partial charge in [0.1, 0.15) is 5.75 Å². The fourth-order valence-corrected chi connectivity index (χ4v) is 4.45. The number of hydrogen-bond acceptors (Lipinski definition) is 4. The third-order valence-corrected chi connectivity index (χ3v) is 6.25. The molecule has 1 aliphatic rings. The molecular weight excluding hydrogens is 348 g/mol. The van der Waals surface area contributed by atoms with Crippen LogP contribution in [-0.4, -0.2) is 46.7 Å². The molecular formula is C23H30N4O. The minimum atomic E-state index is 0.169. The van der Waals surface area contributed by atoms with Crippen LogP contribution in [0.3, 0.4) is 0 Å². The zero-order valence-electron chi connectivity index (χ0n) is 17.0. The van der Waals surface area contributed by atoms with Crippen molar-refractivity contribution in [3.8, 4) is 5.75 Å². The van der Waals surface area contributed by atoms with Gasteiger partial charge in [-0.25, -0.2) is 0 Å². The van der Waals surface area contributed by atoms with Crippen LogP contribution in [0.2, 0.25) is 0 Å². The molecule has 2 N–H and O–H groups in total. The number of methoxy groups -OCH3 is 1. The Labute approximate surface area is 167 Å². The summed E-state index contributed by atoms with van der Waals surface area (Å²) in [5, 5.41) is 1.28. The van der Waals surface area contributed by atoms with Crippen LogP contribution in [0.25, 0.3) is 10.9 Å². The summed E-state index contributed by atoms with van der Waals surface area (Å²) in [7, 11) is 3.79. The van der Waals surface area contributed by atoms with Gasteiger partial charge in [0.25, 0.3) is 0 Å². The summed E-state index contributed by atoms with van der Waals surface area (Å²) < 4.78 is 7.41. The molecule has 5 heteroatoms. The maximum absolute atomic E-state index is 6.60. The summed E-state index contributed by atoms with van der Waals surface area (Å²) >= 11 is 0. The van der Waals surface area contributed by atoms with Crippen LogP contribution in [0.1, 0.15) is 30.4 Å². The first kappa shape index (κ1) is 19.0. The molecule has 0 aliphatic carbocycles. The summed E-state index contributed by atoms with van der Waals surface area (Å²) in [5.74, 6) is 1.28. The first-order valence-electron chi connectivity index (χ1n) is 10.1. The highest BCUT2D eigenvalue weighted by molar-refractivity contribution is 5.83. The topological polar surface area (TPSA) is 56.3 Å². The smallest absolute Gasteiger partial charge is 0.118 e. The van der Waals surface area contributed by atoms with Gasteiger partial charge in [0.15, 0.2) is 0 Å². The molecule has 5 nitrogen and oxygen atoms in total. The van der Waals surface area contributed by atoms with Crippen molar-refractivity contribution in [3.63, 3.8) is 0 Å². The molecule has 0 spiro atoms. The molecule has 1 saturated heterocycles. The van der Waals surface area contributed by atoms with E-state index in [1.807, 2.05) is 24.5 Å². The molecule has 1 aliphatic heterocycles. The van der Waals surface area contributed by atoms with Gasteiger partial charge < -0.3 is 15.0 Å². The third kappa shape index (κ3) is 3.64. The Morgan fingerprint density at radius 1 is 1.21 bits per heavy atom. The number of aryl methyl sites for hydroxylation is 2. The lowest BCUT2D eigenvalue weighted by molar-refractivity contribution is 0.242. The second kappa shape index (κ2) is 7.94. The summed E-state index contributed by atoms with van der Waals surface area (Å²) in [6.45, 7) is 4.30. The van der Waals surface area contributed by atoms with E-state index in [2.05, 4.69) is 52.8 Å². The molecule has 0 unspecified atom stereocenters. The first-order valence-corrected chi connectivity index (χ1v) is 10.1. The second-order valence-corrected chi connectivity index (χ2v) is 8.05. The van der Waals surface area contributed by atoms with Gasteiger partial charge in [-0.2, -0.15) is 0 Å². The standard InChI is InChI=1S/C23H30N4O/c1-16(4-5-17-6-8-18(28-3)9-7-17)27-14-21(22(24)15-27)20-13-26(2)23-12-25-11-10-19(20)23/h6-13,16,21-22H,4-5,14-15,24H2,1-3H3/t16-,21-,22+/m0/s1. The summed E-state index contributed by atoms with van der Waals surface area (Å²) in [6.07, 6.45) is 8.26. The number of pyridine rings is 1.